The summed E-state index contributed by atoms with van der Waals surface area (Å²) in [6.45, 7) is 3.42. The zero-order valence-corrected chi connectivity index (χ0v) is 13.2. The molecule has 0 spiro atoms. The second-order valence-corrected chi connectivity index (χ2v) is 6.47. The van der Waals surface area contributed by atoms with Crippen LogP contribution in [0, 0.1) is 11.3 Å². The van der Waals surface area contributed by atoms with Crippen LogP contribution in [0.15, 0.2) is 24.3 Å². The van der Waals surface area contributed by atoms with E-state index < -0.39 is 0 Å². The van der Waals surface area contributed by atoms with Crippen LogP contribution < -0.4 is 10.5 Å². The van der Waals surface area contributed by atoms with Crippen molar-refractivity contribution in [3.8, 4) is 5.75 Å². The molecule has 0 bridgehead atoms. The van der Waals surface area contributed by atoms with Gasteiger partial charge < -0.3 is 25.2 Å². The lowest BCUT2D eigenvalue weighted by atomic mass is 9.82. The predicted octanol–water partition coefficient (Wildman–Crippen LogP) is 0.0339. The van der Waals surface area contributed by atoms with Gasteiger partial charge in [-0.3, -0.25) is 4.79 Å². The number of hydrogen-bond acceptors (Lipinski definition) is 5. The largest absolute Gasteiger partial charge is 0.492 e. The Labute approximate surface area is 136 Å². The predicted molar refractivity (Wildman–Crippen MR) is 85.1 cm³/mol. The summed E-state index contributed by atoms with van der Waals surface area (Å²) < 4.78 is 11.0. The average molecular weight is 320 g/mol. The Morgan fingerprint density at radius 1 is 1.52 bits per heavy atom. The summed E-state index contributed by atoms with van der Waals surface area (Å²) in [5.74, 6) is 1.07. The molecule has 6 nitrogen and oxygen atoms in total. The molecule has 3 rings (SSSR count). The van der Waals surface area contributed by atoms with E-state index in [0.717, 1.165) is 11.3 Å². The van der Waals surface area contributed by atoms with Crippen LogP contribution in [-0.2, 0) is 16.0 Å². The second kappa shape index (κ2) is 6.86. The number of likely N-dealkylation sites (tertiary alicyclic amines) is 1. The highest BCUT2D eigenvalue weighted by Gasteiger charge is 2.51. The van der Waals surface area contributed by atoms with Gasteiger partial charge in [0.1, 0.15) is 12.4 Å². The zero-order chi connectivity index (χ0) is 16.3. The van der Waals surface area contributed by atoms with Crippen LogP contribution in [0.5, 0.6) is 5.75 Å². The molecule has 126 valence electrons. The summed E-state index contributed by atoms with van der Waals surface area (Å²) in [5, 5.41) is 9.69. The first kappa shape index (κ1) is 16.2. The highest BCUT2D eigenvalue weighted by atomic mass is 16.5. The van der Waals surface area contributed by atoms with E-state index in [1.54, 1.807) is 0 Å². The molecule has 3 N–H and O–H groups in total. The van der Waals surface area contributed by atoms with Gasteiger partial charge in [-0.05, 0) is 17.7 Å². The topological polar surface area (TPSA) is 85.0 Å². The van der Waals surface area contributed by atoms with Gasteiger partial charge in [-0.2, -0.15) is 0 Å². The van der Waals surface area contributed by atoms with Gasteiger partial charge in [-0.25, -0.2) is 0 Å². The molecule has 2 aliphatic rings. The lowest BCUT2D eigenvalue weighted by Gasteiger charge is -2.24. The fourth-order valence-electron chi connectivity index (χ4n) is 3.45. The molecule has 1 aromatic carbocycles. The van der Waals surface area contributed by atoms with Crippen molar-refractivity contribution in [3.05, 3.63) is 29.8 Å². The van der Waals surface area contributed by atoms with E-state index in [4.69, 9.17) is 15.2 Å². The Kier molecular flexibility index (Phi) is 4.84. The smallest absolute Gasteiger partial charge is 0.227 e. The maximum absolute atomic E-state index is 12.6. The van der Waals surface area contributed by atoms with Gasteiger partial charge in [-0.1, -0.05) is 12.1 Å². The fourth-order valence-corrected chi connectivity index (χ4v) is 3.45. The van der Waals surface area contributed by atoms with Crippen molar-refractivity contribution in [1.29, 1.82) is 0 Å². The Balaban J connectivity index is 1.62. The van der Waals surface area contributed by atoms with Crippen LogP contribution in [-0.4, -0.2) is 62.0 Å². The van der Waals surface area contributed by atoms with Gasteiger partial charge in [0, 0.05) is 31.0 Å². The van der Waals surface area contributed by atoms with Crippen molar-refractivity contribution < 1.29 is 19.4 Å². The van der Waals surface area contributed by atoms with Gasteiger partial charge in [0.2, 0.25) is 5.91 Å². The molecule has 2 saturated heterocycles. The number of carbonyl (C=O) groups is 1. The van der Waals surface area contributed by atoms with Crippen molar-refractivity contribution in [2.45, 2.75) is 6.42 Å². The summed E-state index contributed by atoms with van der Waals surface area (Å²) >= 11 is 0. The fraction of sp³-hybridized carbons (Fsp3) is 0.588. The van der Waals surface area contributed by atoms with Gasteiger partial charge in [0.25, 0.3) is 0 Å². The lowest BCUT2D eigenvalue weighted by molar-refractivity contribution is -0.130. The van der Waals surface area contributed by atoms with Crippen LogP contribution in [0.2, 0.25) is 0 Å². The number of benzene rings is 1. The summed E-state index contributed by atoms with van der Waals surface area (Å²) in [6, 6.07) is 7.56. The van der Waals surface area contributed by atoms with Gasteiger partial charge in [0.05, 0.1) is 26.2 Å². The highest BCUT2D eigenvalue weighted by molar-refractivity contribution is 5.79. The molecular weight excluding hydrogens is 296 g/mol. The molecule has 1 aromatic rings. The number of ether oxygens (including phenoxy) is 2. The van der Waals surface area contributed by atoms with Crippen molar-refractivity contribution in [1.82, 2.24) is 4.90 Å². The Morgan fingerprint density at radius 3 is 3.13 bits per heavy atom. The minimum atomic E-state index is -0.262. The number of fused-ring (bicyclic) bond motifs is 1. The number of nitrogens with zero attached hydrogens (tertiary/aromatic N) is 1. The third-order valence-corrected chi connectivity index (χ3v) is 4.83. The molecule has 0 aromatic heterocycles. The van der Waals surface area contributed by atoms with Gasteiger partial charge in [0.15, 0.2) is 0 Å². The monoisotopic (exact) mass is 320 g/mol. The third-order valence-electron chi connectivity index (χ3n) is 4.83. The van der Waals surface area contributed by atoms with Crippen molar-refractivity contribution in [3.63, 3.8) is 0 Å². The van der Waals surface area contributed by atoms with E-state index in [0.29, 0.717) is 45.9 Å². The van der Waals surface area contributed by atoms with Crippen LogP contribution in [0.25, 0.3) is 0 Å². The molecule has 0 aliphatic carbocycles. The van der Waals surface area contributed by atoms with Crippen molar-refractivity contribution in [2.75, 3.05) is 46.1 Å². The maximum Gasteiger partial charge on any atom is 0.227 e. The number of nitrogens with two attached hydrogens (primary N) is 1. The molecule has 2 aliphatic heterocycles. The summed E-state index contributed by atoms with van der Waals surface area (Å²) in [5.41, 5.74) is 6.10. The van der Waals surface area contributed by atoms with E-state index in [1.807, 2.05) is 29.2 Å². The number of hydrogen-bond donors (Lipinski definition) is 2. The second-order valence-electron chi connectivity index (χ2n) is 6.47. The molecule has 0 radical (unpaired) electrons. The summed E-state index contributed by atoms with van der Waals surface area (Å²) in [4.78, 5) is 14.4. The van der Waals surface area contributed by atoms with Crippen LogP contribution in [0.3, 0.4) is 0 Å². The van der Waals surface area contributed by atoms with Gasteiger partial charge in [-0.15, -0.1) is 0 Å². The Bertz CT molecular complexity index is 565. The van der Waals surface area contributed by atoms with E-state index in [2.05, 4.69) is 0 Å². The molecule has 0 unspecified atom stereocenters. The van der Waals surface area contributed by atoms with E-state index >= 15 is 0 Å². The molecule has 2 heterocycles. The molecular formula is C17H24N2O4. The number of amides is 1. The number of aliphatic hydroxyl groups excluding tert-OH is 1. The molecule has 1 amide bonds. The third kappa shape index (κ3) is 3.34. The molecule has 23 heavy (non-hydrogen) atoms. The van der Waals surface area contributed by atoms with E-state index in [1.165, 1.54) is 0 Å². The first-order chi connectivity index (χ1) is 11.2. The SMILES string of the molecule is NCCOc1cccc(CC(=O)N2C[C@H]3COC[C@@]3(CO)C2)c1. The molecule has 0 saturated carbocycles. The number of rotatable bonds is 6. The van der Waals surface area contributed by atoms with Crippen molar-refractivity contribution >= 4 is 5.91 Å². The van der Waals surface area contributed by atoms with Crippen LogP contribution >= 0.6 is 0 Å². The first-order valence-corrected chi connectivity index (χ1v) is 8.05. The molecule has 6 heteroatoms. The number of carbonyl (C=O) groups excluding carboxylic acids is 1. The normalized spacial score (nSPS) is 26.3. The minimum Gasteiger partial charge on any atom is -0.492 e. The summed E-state index contributed by atoms with van der Waals surface area (Å²) in [6.07, 6.45) is 0.342. The Hall–Kier alpha value is -1.63. The van der Waals surface area contributed by atoms with Crippen LogP contribution in [0.4, 0.5) is 0 Å². The van der Waals surface area contributed by atoms with Gasteiger partial charge >= 0.3 is 0 Å². The van der Waals surface area contributed by atoms with E-state index in [9.17, 15) is 9.90 Å². The highest BCUT2D eigenvalue weighted by Crippen LogP contribution is 2.40. The quantitative estimate of drug-likeness (QED) is 0.773. The zero-order valence-electron chi connectivity index (χ0n) is 13.2. The lowest BCUT2D eigenvalue weighted by Crippen LogP contribution is -2.36. The van der Waals surface area contributed by atoms with Crippen molar-refractivity contribution in [2.24, 2.45) is 17.1 Å². The van der Waals surface area contributed by atoms with E-state index in [-0.39, 0.29) is 23.8 Å². The molecule has 2 atom stereocenters. The summed E-state index contributed by atoms with van der Waals surface area (Å²) in [7, 11) is 0. The minimum absolute atomic E-state index is 0.0733. The first-order valence-electron chi connectivity index (χ1n) is 8.05. The maximum atomic E-state index is 12.6. The Morgan fingerprint density at radius 2 is 2.39 bits per heavy atom. The number of aliphatic hydroxyl groups is 1. The average Bonchev–Trinajstić information content (AvgIpc) is 3.10. The standard InChI is InChI=1S/C17H24N2O4/c18-4-5-23-15-3-1-2-13(6-15)7-16(21)19-8-14-9-22-12-17(14,10-19)11-20/h1-3,6,14,20H,4-5,7-12,18H2/t14-,17-/m0/s1. The van der Waals surface area contributed by atoms with Crippen LogP contribution in [0.1, 0.15) is 5.56 Å². The molecule has 2 fully saturated rings.